The molecule has 0 amide bonds. The average Bonchev–Trinajstić information content (AvgIpc) is 3.24. The summed E-state index contributed by atoms with van der Waals surface area (Å²) >= 11 is 6.83. The third-order valence-electron chi connectivity index (χ3n) is 5.82. The molecule has 8 nitrogen and oxygen atoms in total. The summed E-state index contributed by atoms with van der Waals surface area (Å²) in [7, 11) is 0. The number of nitrogens with zero attached hydrogens (tertiary/aromatic N) is 3. The minimum atomic E-state index is -0.0186. The normalized spacial score (nSPS) is 16.3. The van der Waals surface area contributed by atoms with E-state index in [2.05, 4.69) is 29.0 Å². The maximum absolute atomic E-state index is 6.83. The number of nitrogens with one attached hydrogen (secondary N) is 1. The zero-order valence-corrected chi connectivity index (χ0v) is 22.1. The summed E-state index contributed by atoms with van der Waals surface area (Å²) in [6, 6.07) is 6.33. The zero-order chi connectivity index (χ0) is 25.2. The summed E-state index contributed by atoms with van der Waals surface area (Å²) in [5, 5.41) is 4.43. The smallest absolute Gasteiger partial charge is 0.295 e. The first-order chi connectivity index (χ1) is 16.6. The van der Waals surface area contributed by atoms with Gasteiger partial charge in [-0.1, -0.05) is 11.6 Å². The molecule has 190 valence electrons. The van der Waals surface area contributed by atoms with E-state index in [1.807, 2.05) is 45.9 Å². The molecule has 1 fully saturated rings. The van der Waals surface area contributed by atoms with Gasteiger partial charge in [0.1, 0.15) is 35.1 Å². The molecule has 0 unspecified atom stereocenters. The number of fused-ring (bicyclic) bond motifs is 1. The van der Waals surface area contributed by atoms with Crippen molar-refractivity contribution in [3.8, 4) is 22.9 Å². The number of rotatable bonds is 9. The minimum Gasteiger partial charge on any atom is -0.491 e. The number of ether oxygens (including phenoxy) is 3. The molecule has 1 aliphatic rings. The SMILES string of the molecule is CC(C)Nc1nc(-c2cc(OC(C)C)c3ccc(OCCN4CCOCC4(C)C)c(Cl)c3n2)co1. The Balaban J connectivity index is 1.62. The Hall–Kier alpha value is -2.55. The standard InChI is InChI=1S/C26H35ClN4O4/c1-16(2)28-25-30-20(14-34-25)19-13-22(35-17(3)4)18-7-8-21(23(27)24(18)29-19)33-12-10-31-9-11-32-15-26(31,5)6/h7-8,13-14,16-17H,9-12,15H2,1-6H3,(H,28,30). The maximum atomic E-state index is 6.83. The van der Waals surface area contributed by atoms with E-state index in [-0.39, 0.29) is 17.7 Å². The fraction of sp³-hybridized carbons (Fsp3) is 0.538. The summed E-state index contributed by atoms with van der Waals surface area (Å²) in [5.41, 5.74) is 1.80. The molecule has 1 aliphatic heterocycles. The second-order valence-electron chi connectivity index (χ2n) is 9.98. The predicted molar refractivity (Wildman–Crippen MR) is 139 cm³/mol. The lowest BCUT2D eigenvalue weighted by Crippen LogP contribution is -2.54. The molecule has 9 heteroatoms. The molecule has 3 aromatic rings. The Morgan fingerprint density at radius 3 is 2.66 bits per heavy atom. The van der Waals surface area contributed by atoms with Crippen LogP contribution in [0, 0.1) is 0 Å². The number of aromatic nitrogens is 2. The Labute approximate surface area is 211 Å². The first kappa shape index (κ1) is 25.5. The molecule has 0 radical (unpaired) electrons. The van der Waals surface area contributed by atoms with Gasteiger partial charge in [0.05, 0.1) is 30.5 Å². The quantitative estimate of drug-likeness (QED) is 0.402. The van der Waals surface area contributed by atoms with Crippen molar-refractivity contribution in [3.05, 3.63) is 29.5 Å². The van der Waals surface area contributed by atoms with Crippen molar-refractivity contribution in [2.75, 3.05) is 38.2 Å². The summed E-state index contributed by atoms with van der Waals surface area (Å²) in [4.78, 5) is 11.7. The van der Waals surface area contributed by atoms with E-state index in [0.29, 0.717) is 52.7 Å². The van der Waals surface area contributed by atoms with Crippen LogP contribution >= 0.6 is 11.6 Å². The highest BCUT2D eigenvalue weighted by atomic mass is 35.5. The molecular formula is C26H35ClN4O4. The molecule has 35 heavy (non-hydrogen) atoms. The van der Waals surface area contributed by atoms with Crippen LogP contribution in [-0.2, 0) is 4.74 Å². The molecular weight excluding hydrogens is 468 g/mol. The van der Waals surface area contributed by atoms with E-state index in [0.717, 1.165) is 25.1 Å². The van der Waals surface area contributed by atoms with Crippen LogP contribution in [0.15, 0.2) is 28.9 Å². The van der Waals surface area contributed by atoms with Gasteiger partial charge in [0.25, 0.3) is 6.01 Å². The van der Waals surface area contributed by atoms with Gasteiger partial charge in [0, 0.05) is 36.1 Å². The summed E-state index contributed by atoms with van der Waals surface area (Å²) in [6.07, 6.45) is 1.56. The van der Waals surface area contributed by atoms with Crippen LogP contribution < -0.4 is 14.8 Å². The van der Waals surface area contributed by atoms with E-state index in [4.69, 9.17) is 35.2 Å². The van der Waals surface area contributed by atoms with E-state index in [9.17, 15) is 0 Å². The van der Waals surface area contributed by atoms with Crippen LogP contribution in [0.5, 0.6) is 11.5 Å². The van der Waals surface area contributed by atoms with Gasteiger partial charge in [-0.05, 0) is 53.7 Å². The van der Waals surface area contributed by atoms with Gasteiger partial charge in [-0.15, -0.1) is 0 Å². The van der Waals surface area contributed by atoms with Crippen LogP contribution in [0.2, 0.25) is 5.02 Å². The predicted octanol–water partition coefficient (Wildman–Crippen LogP) is 5.64. The van der Waals surface area contributed by atoms with Crippen molar-refractivity contribution >= 4 is 28.5 Å². The lowest BCUT2D eigenvalue weighted by atomic mass is 10.0. The number of anilines is 1. The van der Waals surface area contributed by atoms with Gasteiger partial charge in [0.15, 0.2) is 0 Å². The minimum absolute atomic E-state index is 0.0180. The van der Waals surface area contributed by atoms with E-state index >= 15 is 0 Å². The molecule has 0 spiro atoms. The van der Waals surface area contributed by atoms with Gasteiger partial charge in [-0.3, -0.25) is 4.90 Å². The van der Waals surface area contributed by atoms with Crippen molar-refractivity contribution in [3.63, 3.8) is 0 Å². The van der Waals surface area contributed by atoms with Gasteiger partial charge >= 0.3 is 0 Å². The number of halogens is 1. The van der Waals surface area contributed by atoms with Crippen molar-refractivity contribution in [1.82, 2.24) is 14.9 Å². The van der Waals surface area contributed by atoms with Crippen molar-refractivity contribution < 1.29 is 18.6 Å². The molecule has 4 rings (SSSR count). The molecule has 0 saturated carbocycles. The van der Waals surface area contributed by atoms with Crippen molar-refractivity contribution in [2.24, 2.45) is 0 Å². The zero-order valence-electron chi connectivity index (χ0n) is 21.4. The highest BCUT2D eigenvalue weighted by molar-refractivity contribution is 6.36. The fourth-order valence-electron chi connectivity index (χ4n) is 4.08. The monoisotopic (exact) mass is 502 g/mol. The van der Waals surface area contributed by atoms with Gasteiger partial charge in [-0.2, -0.15) is 4.98 Å². The molecule has 0 bridgehead atoms. The van der Waals surface area contributed by atoms with E-state index in [1.165, 1.54) is 0 Å². The largest absolute Gasteiger partial charge is 0.491 e. The Bertz CT molecular complexity index is 1160. The summed E-state index contributed by atoms with van der Waals surface area (Å²) in [6.45, 7) is 16.0. The molecule has 1 saturated heterocycles. The van der Waals surface area contributed by atoms with E-state index in [1.54, 1.807) is 6.26 Å². The molecule has 0 atom stereocenters. The lowest BCUT2D eigenvalue weighted by Gasteiger charge is -2.41. The molecule has 1 N–H and O–H groups in total. The fourth-order valence-corrected chi connectivity index (χ4v) is 4.34. The topological polar surface area (TPSA) is 81.9 Å². The van der Waals surface area contributed by atoms with Gasteiger partial charge < -0.3 is 23.9 Å². The maximum Gasteiger partial charge on any atom is 0.295 e. The van der Waals surface area contributed by atoms with Crippen LogP contribution in [0.25, 0.3) is 22.3 Å². The van der Waals surface area contributed by atoms with Crippen LogP contribution in [0.4, 0.5) is 6.01 Å². The average molecular weight is 503 g/mol. The summed E-state index contributed by atoms with van der Waals surface area (Å²) < 4.78 is 23.4. The molecule has 3 heterocycles. The van der Waals surface area contributed by atoms with Crippen LogP contribution in [0.3, 0.4) is 0 Å². The number of morpholine rings is 1. The number of hydrogen-bond acceptors (Lipinski definition) is 8. The van der Waals surface area contributed by atoms with Crippen molar-refractivity contribution in [2.45, 2.75) is 59.2 Å². The van der Waals surface area contributed by atoms with Crippen molar-refractivity contribution in [1.29, 1.82) is 0 Å². The highest BCUT2D eigenvalue weighted by Gasteiger charge is 2.30. The first-order valence-corrected chi connectivity index (χ1v) is 12.5. The number of benzene rings is 1. The highest BCUT2D eigenvalue weighted by Crippen LogP contribution is 2.38. The number of oxazole rings is 1. The van der Waals surface area contributed by atoms with Gasteiger partial charge in [0.2, 0.25) is 0 Å². The second-order valence-corrected chi connectivity index (χ2v) is 10.4. The number of hydrogen-bond donors (Lipinski definition) is 1. The first-order valence-electron chi connectivity index (χ1n) is 12.1. The number of pyridine rings is 1. The molecule has 2 aromatic heterocycles. The third-order valence-corrected chi connectivity index (χ3v) is 6.19. The molecule has 0 aliphatic carbocycles. The van der Waals surface area contributed by atoms with Crippen LogP contribution in [-0.4, -0.2) is 65.5 Å². The van der Waals surface area contributed by atoms with E-state index < -0.39 is 0 Å². The Morgan fingerprint density at radius 2 is 1.94 bits per heavy atom. The van der Waals surface area contributed by atoms with Crippen LogP contribution in [0.1, 0.15) is 41.5 Å². The summed E-state index contributed by atoms with van der Waals surface area (Å²) in [5.74, 6) is 1.28. The lowest BCUT2D eigenvalue weighted by molar-refractivity contribution is -0.0547. The Morgan fingerprint density at radius 1 is 1.14 bits per heavy atom. The molecule has 1 aromatic carbocycles. The second kappa shape index (κ2) is 10.6. The third kappa shape index (κ3) is 6.00. The Kier molecular flexibility index (Phi) is 7.73. The van der Waals surface area contributed by atoms with Gasteiger partial charge in [-0.25, -0.2) is 4.98 Å².